The average Bonchev–Trinajstić information content (AvgIpc) is 2.52. The Bertz CT molecular complexity index is 499. The van der Waals surface area contributed by atoms with Gasteiger partial charge < -0.3 is 15.3 Å². The lowest BCUT2D eigenvalue weighted by molar-refractivity contribution is -0.156. The van der Waals surface area contributed by atoms with Gasteiger partial charge in [0.25, 0.3) is 12.3 Å². The van der Waals surface area contributed by atoms with Gasteiger partial charge in [-0.05, 0) is 31.2 Å². The fraction of sp³-hybridized carbons (Fsp3) is 0.588. The van der Waals surface area contributed by atoms with Gasteiger partial charge in [0.05, 0.1) is 6.54 Å². The largest absolute Gasteiger partial charge is 0.379 e. The minimum absolute atomic E-state index is 0.120. The Morgan fingerprint density at radius 2 is 2.04 bits per heavy atom. The van der Waals surface area contributed by atoms with E-state index in [4.69, 9.17) is 0 Å². The molecule has 4 nitrogen and oxygen atoms in total. The molecule has 1 heterocycles. The highest BCUT2D eigenvalue weighted by Gasteiger charge is 2.41. The Labute approximate surface area is 135 Å². The zero-order valence-electron chi connectivity index (χ0n) is 13.2. The number of rotatable bonds is 8. The van der Waals surface area contributed by atoms with Crippen LogP contribution in [0.5, 0.6) is 0 Å². The van der Waals surface area contributed by atoms with Crippen LogP contribution in [0.3, 0.4) is 0 Å². The van der Waals surface area contributed by atoms with Crippen molar-refractivity contribution in [1.82, 2.24) is 10.2 Å². The van der Waals surface area contributed by atoms with Crippen molar-refractivity contribution >= 4 is 5.91 Å². The Morgan fingerprint density at radius 1 is 1.30 bits per heavy atom. The first-order chi connectivity index (χ1) is 11.0. The number of halogens is 2. The first kappa shape index (κ1) is 17.8. The molecule has 0 unspecified atom stereocenters. The molecule has 0 radical (unpaired) electrons. The van der Waals surface area contributed by atoms with E-state index in [0.29, 0.717) is 25.9 Å². The van der Waals surface area contributed by atoms with E-state index in [2.05, 4.69) is 5.32 Å². The highest BCUT2D eigenvalue weighted by atomic mass is 19.3. The molecular weight excluding hydrogens is 302 g/mol. The van der Waals surface area contributed by atoms with Crippen LogP contribution in [-0.2, 0) is 11.2 Å². The van der Waals surface area contributed by atoms with Gasteiger partial charge in [-0.1, -0.05) is 30.3 Å². The quantitative estimate of drug-likeness (QED) is 0.766. The van der Waals surface area contributed by atoms with Crippen molar-refractivity contribution in [3.05, 3.63) is 35.9 Å². The molecule has 0 aliphatic carbocycles. The SMILES string of the molecule is O=C1N(CCCc2ccccc2)CCC[C@@]1(O)CNCC(F)F. The standard InChI is InChI=1S/C17H24F2N2O2/c18-15(19)12-20-13-17(23)9-5-11-21(16(17)22)10-4-8-14-6-2-1-3-7-14/h1-3,6-7,15,20,23H,4-5,8-13H2/t17-/m1/s1. The highest BCUT2D eigenvalue weighted by molar-refractivity contribution is 5.86. The van der Waals surface area contributed by atoms with Gasteiger partial charge in [-0.15, -0.1) is 0 Å². The van der Waals surface area contributed by atoms with Gasteiger partial charge in [-0.2, -0.15) is 0 Å². The van der Waals surface area contributed by atoms with Crippen molar-refractivity contribution in [3.8, 4) is 0 Å². The second-order valence-corrected chi connectivity index (χ2v) is 6.04. The third-order valence-electron chi connectivity index (χ3n) is 4.16. The molecule has 2 N–H and O–H groups in total. The molecule has 128 valence electrons. The zero-order chi connectivity index (χ0) is 16.7. The summed E-state index contributed by atoms with van der Waals surface area (Å²) in [5.41, 5.74) is -0.342. The molecule has 0 aromatic heterocycles. The zero-order valence-corrected chi connectivity index (χ0v) is 13.2. The fourth-order valence-electron chi connectivity index (χ4n) is 2.95. The number of aryl methyl sites for hydroxylation is 1. The number of hydrogen-bond donors (Lipinski definition) is 2. The van der Waals surface area contributed by atoms with Gasteiger partial charge in [0.1, 0.15) is 0 Å². The molecule has 0 spiro atoms. The summed E-state index contributed by atoms with van der Waals surface area (Å²) >= 11 is 0. The van der Waals surface area contributed by atoms with Crippen molar-refractivity contribution in [2.45, 2.75) is 37.7 Å². The molecule has 1 aliphatic rings. The Balaban J connectivity index is 1.81. The van der Waals surface area contributed by atoms with E-state index >= 15 is 0 Å². The topological polar surface area (TPSA) is 52.6 Å². The van der Waals surface area contributed by atoms with E-state index in [1.54, 1.807) is 4.90 Å². The normalized spacial score (nSPS) is 21.9. The molecular formula is C17H24F2N2O2. The maximum Gasteiger partial charge on any atom is 0.255 e. The van der Waals surface area contributed by atoms with Crippen LogP contribution in [0.4, 0.5) is 8.78 Å². The van der Waals surface area contributed by atoms with Crippen molar-refractivity contribution in [3.63, 3.8) is 0 Å². The van der Waals surface area contributed by atoms with E-state index in [0.717, 1.165) is 12.8 Å². The summed E-state index contributed by atoms with van der Waals surface area (Å²) in [6.07, 6.45) is 0.198. The first-order valence-corrected chi connectivity index (χ1v) is 8.06. The second kappa shape index (κ2) is 8.36. The number of nitrogens with zero attached hydrogens (tertiary/aromatic N) is 1. The number of hydrogen-bond acceptors (Lipinski definition) is 3. The van der Waals surface area contributed by atoms with Crippen molar-refractivity contribution in [1.29, 1.82) is 0 Å². The summed E-state index contributed by atoms with van der Waals surface area (Å²) in [6, 6.07) is 10.0. The summed E-state index contributed by atoms with van der Waals surface area (Å²) in [5.74, 6) is -0.349. The summed E-state index contributed by atoms with van der Waals surface area (Å²) < 4.78 is 24.4. The average molecular weight is 326 g/mol. The van der Waals surface area contributed by atoms with Crippen LogP contribution in [0.25, 0.3) is 0 Å². The lowest BCUT2D eigenvalue weighted by Crippen LogP contribution is -2.58. The third kappa shape index (κ3) is 5.25. The number of carbonyl (C=O) groups is 1. The lowest BCUT2D eigenvalue weighted by atomic mass is 9.91. The lowest BCUT2D eigenvalue weighted by Gasteiger charge is -2.38. The molecule has 1 aromatic carbocycles. The van der Waals surface area contributed by atoms with Gasteiger partial charge in [0.2, 0.25) is 0 Å². The van der Waals surface area contributed by atoms with Crippen LogP contribution in [0.15, 0.2) is 30.3 Å². The highest BCUT2D eigenvalue weighted by Crippen LogP contribution is 2.22. The minimum atomic E-state index is -2.49. The van der Waals surface area contributed by atoms with Gasteiger partial charge in [0.15, 0.2) is 5.60 Å². The number of carbonyl (C=O) groups excluding carboxylic acids is 1. The minimum Gasteiger partial charge on any atom is -0.379 e. The maximum atomic E-state index is 12.4. The Hall–Kier alpha value is -1.53. The Morgan fingerprint density at radius 3 is 2.74 bits per heavy atom. The van der Waals surface area contributed by atoms with E-state index in [9.17, 15) is 18.7 Å². The number of nitrogens with one attached hydrogen (secondary N) is 1. The number of piperidine rings is 1. The monoisotopic (exact) mass is 326 g/mol. The number of alkyl halides is 2. The molecule has 6 heteroatoms. The van der Waals surface area contributed by atoms with Crippen LogP contribution in [0.1, 0.15) is 24.8 Å². The van der Waals surface area contributed by atoms with Crippen LogP contribution < -0.4 is 5.32 Å². The molecule has 1 aromatic rings. The third-order valence-corrected chi connectivity index (χ3v) is 4.16. The van der Waals surface area contributed by atoms with Crippen molar-refractivity contribution < 1.29 is 18.7 Å². The molecule has 0 saturated carbocycles. The van der Waals surface area contributed by atoms with Gasteiger partial charge in [0, 0.05) is 19.6 Å². The molecule has 23 heavy (non-hydrogen) atoms. The molecule has 1 saturated heterocycles. The van der Waals surface area contributed by atoms with Crippen molar-refractivity contribution in [2.24, 2.45) is 0 Å². The van der Waals surface area contributed by atoms with E-state index in [-0.39, 0.29) is 12.5 Å². The molecule has 1 aliphatic heterocycles. The second-order valence-electron chi connectivity index (χ2n) is 6.04. The van der Waals surface area contributed by atoms with Gasteiger partial charge in [-0.25, -0.2) is 8.78 Å². The summed E-state index contributed by atoms with van der Waals surface area (Å²) in [7, 11) is 0. The summed E-state index contributed by atoms with van der Waals surface area (Å²) in [6.45, 7) is 0.560. The van der Waals surface area contributed by atoms with Gasteiger partial charge in [-0.3, -0.25) is 4.79 Å². The molecule has 1 fully saturated rings. The Kier molecular flexibility index (Phi) is 6.47. The number of aliphatic hydroxyl groups is 1. The maximum absolute atomic E-state index is 12.4. The number of benzene rings is 1. The first-order valence-electron chi connectivity index (χ1n) is 8.06. The van der Waals surface area contributed by atoms with Crippen LogP contribution in [-0.4, -0.2) is 54.1 Å². The number of likely N-dealkylation sites (tertiary alicyclic amines) is 1. The van der Waals surface area contributed by atoms with E-state index in [1.807, 2.05) is 30.3 Å². The molecule has 2 rings (SSSR count). The fourth-order valence-corrected chi connectivity index (χ4v) is 2.95. The molecule has 1 atom stereocenters. The predicted octanol–water partition coefficient (Wildman–Crippen LogP) is 1.83. The van der Waals surface area contributed by atoms with Crippen molar-refractivity contribution in [2.75, 3.05) is 26.2 Å². The van der Waals surface area contributed by atoms with Crippen LogP contribution in [0, 0.1) is 0 Å². The van der Waals surface area contributed by atoms with Crippen LogP contribution in [0.2, 0.25) is 0 Å². The summed E-state index contributed by atoms with van der Waals surface area (Å²) in [5, 5.41) is 12.9. The van der Waals surface area contributed by atoms with Crippen LogP contribution >= 0.6 is 0 Å². The van der Waals surface area contributed by atoms with Gasteiger partial charge >= 0.3 is 0 Å². The molecule has 0 bridgehead atoms. The van der Waals surface area contributed by atoms with E-state index in [1.165, 1.54) is 5.56 Å². The summed E-state index contributed by atoms with van der Waals surface area (Å²) in [4.78, 5) is 14.1. The smallest absolute Gasteiger partial charge is 0.255 e. The molecule has 1 amide bonds. The van der Waals surface area contributed by atoms with E-state index < -0.39 is 18.6 Å². The number of amides is 1. The predicted molar refractivity (Wildman–Crippen MR) is 84.4 cm³/mol.